The number of anilines is 2. The molecule has 1 aliphatic carbocycles. The van der Waals surface area contributed by atoms with Crippen LogP contribution in [0.4, 0.5) is 11.5 Å². The summed E-state index contributed by atoms with van der Waals surface area (Å²) in [5.41, 5.74) is 3.95. The number of H-pyrrole nitrogens is 1. The second-order valence-corrected chi connectivity index (χ2v) is 9.32. The van der Waals surface area contributed by atoms with Gasteiger partial charge < -0.3 is 5.32 Å². The van der Waals surface area contributed by atoms with Crippen LogP contribution in [0.15, 0.2) is 65.6 Å². The van der Waals surface area contributed by atoms with E-state index in [-0.39, 0.29) is 5.56 Å². The maximum Gasteiger partial charge on any atom is 0.277 e. The molecule has 2 aromatic heterocycles. The Labute approximate surface area is 191 Å². The van der Waals surface area contributed by atoms with Crippen molar-refractivity contribution in [2.45, 2.75) is 32.2 Å². The van der Waals surface area contributed by atoms with Crippen LogP contribution in [0.1, 0.15) is 31.2 Å². The Hall–Kier alpha value is -3.58. The van der Waals surface area contributed by atoms with Gasteiger partial charge in [0.25, 0.3) is 5.56 Å². The minimum absolute atomic E-state index is 0.315. The molecule has 4 aromatic rings. The highest BCUT2D eigenvalue weighted by atomic mass is 16.1. The SMILES string of the molecule is O=c1[nH]ncc2nc(-c3ccccc3)nc(Nc3ccc(CN4CCC5(CC4)CC5)cc3)c12. The van der Waals surface area contributed by atoms with Crippen molar-refractivity contribution in [3.63, 3.8) is 0 Å². The third kappa shape index (κ3) is 4.12. The molecular weight excluding hydrogens is 412 g/mol. The third-order valence-electron chi connectivity index (χ3n) is 7.05. The highest BCUT2D eigenvalue weighted by Gasteiger charge is 2.44. The molecule has 0 bridgehead atoms. The van der Waals surface area contributed by atoms with Crippen molar-refractivity contribution in [2.75, 3.05) is 18.4 Å². The molecule has 7 heteroatoms. The Morgan fingerprint density at radius 1 is 0.939 bits per heavy atom. The van der Waals surface area contributed by atoms with Crippen LogP contribution in [0.2, 0.25) is 0 Å². The van der Waals surface area contributed by atoms with Gasteiger partial charge in [0.05, 0.1) is 6.20 Å². The molecule has 166 valence electrons. The van der Waals surface area contributed by atoms with Crippen molar-refractivity contribution < 1.29 is 0 Å². The van der Waals surface area contributed by atoms with Crippen molar-refractivity contribution in [1.82, 2.24) is 25.1 Å². The van der Waals surface area contributed by atoms with Crippen LogP contribution < -0.4 is 10.9 Å². The first kappa shape index (κ1) is 20.1. The van der Waals surface area contributed by atoms with E-state index in [9.17, 15) is 4.79 Å². The number of benzene rings is 2. The molecule has 33 heavy (non-hydrogen) atoms. The quantitative estimate of drug-likeness (QED) is 0.477. The third-order valence-corrected chi connectivity index (χ3v) is 7.05. The van der Waals surface area contributed by atoms with Crippen molar-refractivity contribution in [3.05, 3.63) is 76.7 Å². The number of nitrogens with one attached hydrogen (secondary N) is 2. The van der Waals surface area contributed by atoms with E-state index < -0.39 is 0 Å². The van der Waals surface area contributed by atoms with E-state index in [0.29, 0.717) is 28.0 Å². The van der Waals surface area contributed by atoms with Gasteiger partial charge in [0, 0.05) is 17.8 Å². The molecule has 1 aliphatic heterocycles. The number of piperidine rings is 1. The lowest BCUT2D eigenvalue weighted by Gasteiger charge is -2.32. The molecule has 7 nitrogen and oxygen atoms in total. The van der Waals surface area contributed by atoms with Crippen LogP contribution in [0.25, 0.3) is 22.3 Å². The summed E-state index contributed by atoms with van der Waals surface area (Å²) >= 11 is 0. The number of fused-ring (bicyclic) bond motifs is 1. The standard InChI is InChI=1S/C26H26N6O/c33-25-22-21(16-27-31-25)29-23(19-4-2-1-3-5-19)30-24(22)28-20-8-6-18(7-9-20)17-32-14-12-26(10-11-26)13-15-32/h1-9,16H,10-15,17H2,(H,31,33)(H,28,29,30). The van der Waals surface area contributed by atoms with E-state index >= 15 is 0 Å². The van der Waals surface area contributed by atoms with Crippen molar-refractivity contribution in [2.24, 2.45) is 5.41 Å². The lowest BCUT2D eigenvalue weighted by molar-refractivity contribution is 0.166. The first-order chi connectivity index (χ1) is 16.2. The maximum absolute atomic E-state index is 12.5. The zero-order valence-corrected chi connectivity index (χ0v) is 18.4. The molecule has 0 unspecified atom stereocenters. The smallest absolute Gasteiger partial charge is 0.277 e. The molecule has 1 saturated carbocycles. The Kier molecular flexibility index (Phi) is 4.91. The fourth-order valence-corrected chi connectivity index (χ4v) is 4.76. The Morgan fingerprint density at radius 2 is 1.70 bits per heavy atom. The van der Waals surface area contributed by atoms with Crippen LogP contribution in [0.5, 0.6) is 0 Å². The van der Waals surface area contributed by atoms with Gasteiger partial charge in [-0.25, -0.2) is 15.1 Å². The van der Waals surface area contributed by atoms with Crippen LogP contribution in [0.3, 0.4) is 0 Å². The Morgan fingerprint density at radius 3 is 2.42 bits per heavy atom. The average molecular weight is 439 g/mol. The zero-order valence-electron chi connectivity index (χ0n) is 18.4. The van der Waals surface area contributed by atoms with Gasteiger partial charge >= 0.3 is 0 Å². The second kappa shape index (κ2) is 8.08. The van der Waals surface area contributed by atoms with E-state index in [1.165, 1.54) is 44.3 Å². The molecule has 0 atom stereocenters. The van der Waals surface area contributed by atoms with Gasteiger partial charge in [0.2, 0.25) is 0 Å². The fourth-order valence-electron chi connectivity index (χ4n) is 4.76. The van der Waals surface area contributed by atoms with Gasteiger partial charge in [-0.15, -0.1) is 0 Å². The molecule has 1 saturated heterocycles. The lowest BCUT2D eigenvalue weighted by atomic mass is 9.93. The predicted octanol–water partition coefficient (Wildman–Crippen LogP) is 4.50. The van der Waals surface area contributed by atoms with E-state index in [0.717, 1.165) is 17.8 Å². The highest BCUT2D eigenvalue weighted by molar-refractivity contribution is 5.90. The van der Waals surface area contributed by atoms with Crippen LogP contribution >= 0.6 is 0 Å². The lowest BCUT2D eigenvalue weighted by Crippen LogP contribution is -2.33. The summed E-state index contributed by atoms with van der Waals surface area (Å²) in [6.45, 7) is 3.38. The Bertz CT molecular complexity index is 1340. The summed E-state index contributed by atoms with van der Waals surface area (Å²) in [5, 5.41) is 10.1. The second-order valence-electron chi connectivity index (χ2n) is 9.32. The van der Waals surface area contributed by atoms with E-state index in [2.05, 4.69) is 42.5 Å². The average Bonchev–Trinajstić information content (AvgIpc) is 3.61. The van der Waals surface area contributed by atoms with Gasteiger partial charge in [-0.2, -0.15) is 5.10 Å². The van der Waals surface area contributed by atoms with E-state index in [4.69, 9.17) is 0 Å². The molecule has 3 heterocycles. The van der Waals surface area contributed by atoms with Crippen LogP contribution in [-0.4, -0.2) is 38.2 Å². The summed E-state index contributed by atoms with van der Waals surface area (Å²) in [4.78, 5) is 24.3. The summed E-state index contributed by atoms with van der Waals surface area (Å²) in [7, 11) is 0. The molecule has 2 fully saturated rings. The van der Waals surface area contributed by atoms with Crippen LogP contribution in [0, 0.1) is 5.41 Å². The molecule has 0 amide bonds. The van der Waals surface area contributed by atoms with E-state index in [1.54, 1.807) is 6.20 Å². The molecule has 2 aromatic carbocycles. The number of hydrogen-bond acceptors (Lipinski definition) is 6. The minimum atomic E-state index is -0.315. The number of likely N-dealkylation sites (tertiary alicyclic amines) is 1. The first-order valence-corrected chi connectivity index (χ1v) is 11.6. The molecule has 1 spiro atoms. The van der Waals surface area contributed by atoms with Crippen molar-refractivity contribution in [3.8, 4) is 11.4 Å². The zero-order chi connectivity index (χ0) is 22.3. The summed E-state index contributed by atoms with van der Waals surface area (Å²) in [6, 6.07) is 18.1. The van der Waals surface area contributed by atoms with Gasteiger partial charge in [0.1, 0.15) is 16.7 Å². The molecule has 6 rings (SSSR count). The van der Waals surface area contributed by atoms with E-state index in [1.807, 2.05) is 42.5 Å². The highest BCUT2D eigenvalue weighted by Crippen LogP contribution is 2.53. The fraction of sp³-hybridized carbons (Fsp3) is 0.308. The normalized spacial score (nSPS) is 17.3. The topological polar surface area (TPSA) is 86.8 Å². The minimum Gasteiger partial charge on any atom is -0.339 e. The number of aromatic nitrogens is 4. The monoisotopic (exact) mass is 438 g/mol. The summed E-state index contributed by atoms with van der Waals surface area (Å²) in [6.07, 6.45) is 7.12. The largest absolute Gasteiger partial charge is 0.339 e. The van der Waals surface area contributed by atoms with Crippen LogP contribution in [-0.2, 0) is 6.54 Å². The Balaban J connectivity index is 1.25. The molecular formula is C26H26N6O. The van der Waals surface area contributed by atoms with Crippen molar-refractivity contribution in [1.29, 1.82) is 0 Å². The van der Waals surface area contributed by atoms with Crippen molar-refractivity contribution >= 4 is 22.4 Å². The summed E-state index contributed by atoms with van der Waals surface area (Å²) < 4.78 is 0. The molecule has 0 radical (unpaired) electrons. The van der Waals surface area contributed by atoms with Gasteiger partial charge in [-0.05, 0) is 61.9 Å². The van der Waals surface area contributed by atoms with Gasteiger partial charge in [-0.1, -0.05) is 42.5 Å². The number of rotatable bonds is 5. The molecule has 2 aliphatic rings. The number of hydrogen-bond donors (Lipinski definition) is 2. The predicted molar refractivity (Wildman–Crippen MR) is 129 cm³/mol. The molecule has 2 N–H and O–H groups in total. The van der Waals surface area contributed by atoms with Gasteiger partial charge in [-0.3, -0.25) is 9.69 Å². The number of aromatic amines is 1. The number of nitrogens with zero attached hydrogens (tertiary/aromatic N) is 4. The summed E-state index contributed by atoms with van der Waals surface area (Å²) in [5.74, 6) is 1.02. The van der Waals surface area contributed by atoms with Gasteiger partial charge in [0.15, 0.2) is 5.82 Å². The first-order valence-electron chi connectivity index (χ1n) is 11.6. The maximum atomic E-state index is 12.5.